The smallest absolute Gasteiger partial charge is 0.344 e. The molecule has 0 radical (unpaired) electrons. The van der Waals surface area contributed by atoms with Crippen LogP contribution >= 0.6 is 56.5 Å². The monoisotopic (exact) mass is 758 g/mol. The maximum Gasteiger partial charge on any atom is 0.344 e. The van der Waals surface area contributed by atoms with Crippen molar-refractivity contribution >= 4 is 74.5 Å². The molecule has 0 unspecified atom stereocenters. The molecule has 2 aromatic carbocycles. The average molecular weight is 758 g/mol. The Morgan fingerprint density at radius 1 is 1.13 bits per heavy atom. The van der Waals surface area contributed by atoms with E-state index in [4.69, 9.17) is 19.2 Å². The number of rotatable bonds is 8. The van der Waals surface area contributed by atoms with Crippen molar-refractivity contribution in [2.45, 2.75) is 26.3 Å². The summed E-state index contributed by atoms with van der Waals surface area (Å²) < 4.78 is 19.4. The maximum absolute atomic E-state index is 13.8. The summed E-state index contributed by atoms with van der Waals surface area (Å²) in [7, 11) is 1.33. The van der Waals surface area contributed by atoms with Crippen LogP contribution in [0.1, 0.15) is 37.4 Å². The van der Waals surface area contributed by atoms with Crippen molar-refractivity contribution < 1.29 is 23.8 Å². The second kappa shape index (κ2) is 12.6. The minimum absolute atomic E-state index is 0.181. The number of methoxy groups -OCH3 is 1. The topological polar surface area (TPSA) is 96.2 Å². The molecule has 0 spiro atoms. The number of allylic oxidation sites excluding steroid dienone is 1. The van der Waals surface area contributed by atoms with Crippen molar-refractivity contribution in [3.63, 3.8) is 0 Å². The van der Waals surface area contributed by atoms with Gasteiger partial charge in [0, 0.05) is 0 Å². The molecule has 2 heterocycles. The van der Waals surface area contributed by atoms with Crippen LogP contribution in [0.3, 0.4) is 0 Å². The highest BCUT2D eigenvalue weighted by atomic mass is 127. The number of esters is 2. The van der Waals surface area contributed by atoms with E-state index in [1.54, 1.807) is 17.6 Å². The number of fused-ring (bicyclic) bond motifs is 1. The third kappa shape index (κ3) is 5.88. The molecule has 0 amide bonds. The summed E-state index contributed by atoms with van der Waals surface area (Å²) in [6.07, 6.45) is 2.32. The fourth-order valence-corrected chi connectivity index (χ4v) is 7.25. The summed E-state index contributed by atoms with van der Waals surface area (Å²) in [5.41, 5.74) is 2.32. The van der Waals surface area contributed by atoms with E-state index in [9.17, 15) is 14.4 Å². The molecule has 0 fully saturated rings. The number of carbonyl (C=O) groups is 2. The fraction of sp³-hybridized carbons (Fsp3) is 0.259. The molecule has 0 N–H and O–H groups in total. The number of carbonyl (C=O) groups excluding carboxylic acids is 2. The molecule has 11 heteroatoms. The second-order valence-corrected chi connectivity index (χ2v) is 11.4. The van der Waals surface area contributed by atoms with E-state index >= 15 is 0 Å². The van der Waals surface area contributed by atoms with E-state index < -0.39 is 18.0 Å². The zero-order valence-electron chi connectivity index (χ0n) is 20.8. The Morgan fingerprint density at radius 3 is 2.42 bits per heavy atom. The van der Waals surface area contributed by atoms with Crippen molar-refractivity contribution in [1.29, 1.82) is 0 Å². The summed E-state index contributed by atoms with van der Waals surface area (Å²) in [5, 5.41) is 0. The first-order chi connectivity index (χ1) is 18.3. The summed E-state index contributed by atoms with van der Waals surface area (Å²) in [6.45, 7) is 3.78. The van der Waals surface area contributed by atoms with Crippen molar-refractivity contribution in [3.8, 4) is 5.75 Å². The van der Waals surface area contributed by atoms with Crippen LogP contribution in [0.15, 0.2) is 63.5 Å². The number of hydrogen-bond donors (Lipinski definition) is 0. The van der Waals surface area contributed by atoms with E-state index in [1.165, 1.54) is 18.4 Å². The van der Waals surface area contributed by atoms with E-state index in [0.29, 0.717) is 39.4 Å². The molecular formula is C27H24I2N2O6S. The highest BCUT2D eigenvalue weighted by Gasteiger charge is 2.33. The lowest BCUT2D eigenvalue weighted by Gasteiger charge is -2.25. The first-order valence-electron chi connectivity index (χ1n) is 11.7. The first kappa shape index (κ1) is 28.5. The molecule has 38 heavy (non-hydrogen) atoms. The van der Waals surface area contributed by atoms with Gasteiger partial charge in [-0.3, -0.25) is 9.36 Å². The molecule has 1 aliphatic rings. The van der Waals surface area contributed by atoms with Crippen LogP contribution in [0.25, 0.3) is 6.08 Å². The minimum Gasteiger partial charge on any atom is -0.480 e. The highest BCUT2D eigenvalue weighted by Crippen LogP contribution is 2.32. The molecule has 1 aliphatic heterocycles. The van der Waals surface area contributed by atoms with Gasteiger partial charge in [0.15, 0.2) is 11.4 Å². The quantitative estimate of drug-likeness (QED) is 0.255. The van der Waals surface area contributed by atoms with Crippen molar-refractivity contribution in [1.82, 2.24) is 4.57 Å². The molecule has 0 bridgehead atoms. The van der Waals surface area contributed by atoms with Gasteiger partial charge in [-0.2, -0.15) is 0 Å². The van der Waals surface area contributed by atoms with Crippen molar-refractivity contribution in [2.24, 2.45) is 4.99 Å². The average Bonchev–Trinajstić information content (AvgIpc) is 3.21. The molecule has 0 aliphatic carbocycles. The van der Waals surface area contributed by atoms with Gasteiger partial charge in [-0.05, 0) is 87.9 Å². The number of halogens is 2. The Labute approximate surface area is 250 Å². The van der Waals surface area contributed by atoms with Crippen LogP contribution in [0.4, 0.5) is 0 Å². The highest BCUT2D eigenvalue weighted by molar-refractivity contribution is 14.1. The van der Waals surface area contributed by atoms with E-state index in [1.807, 2.05) is 49.4 Å². The van der Waals surface area contributed by atoms with Crippen molar-refractivity contribution in [3.05, 3.63) is 91.7 Å². The van der Waals surface area contributed by atoms with Gasteiger partial charge in [-0.25, -0.2) is 14.6 Å². The van der Waals surface area contributed by atoms with Crippen LogP contribution in [0.5, 0.6) is 5.75 Å². The third-order valence-electron chi connectivity index (χ3n) is 5.72. The predicted molar refractivity (Wildman–Crippen MR) is 161 cm³/mol. The minimum atomic E-state index is -0.643. The van der Waals surface area contributed by atoms with Crippen LogP contribution in [0, 0.1) is 7.14 Å². The van der Waals surface area contributed by atoms with Crippen LogP contribution in [-0.4, -0.2) is 36.8 Å². The van der Waals surface area contributed by atoms with E-state index in [0.717, 1.165) is 18.3 Å². The molecule has 1 aromatic heterocycles. The van der Waals surface area contributed by atoms with Gasteiger partial charge in [0.2, 0.25) is 0 Å². The number of thiazole rings is 1. The standard InChI is InChI=1S/C27H24I2N2O6S/c1-4-19-22(26(34)35-3)23(16-9-7-6-8-10-16)31-25(33)20(38-27(31)30-19)13-15-11-17(28)24(18(29)12-15)37-14-21(32)36-5-2/h6-13,23H,4-5,14H2,1-3H3/b20-13-/t23-/m0/s1. The SMILES string of the molecule is CCOC(=O)COc1c(I)cc(/C=c2\sc3n(c2=O)[C@@H](c2ccccc2)C(C(=O)OC)=C(CC)N=3)cc1I. The van der Waals surface area contributed by atoms with Crippen LogP contribution < -0.4 is 19.6 Å². The molecule has 8 nitrogen and oxygen atoms in total. The Hall–Kier alpha value is -2.52. The summed E-state index contributed by atoms with van der Waals surface area (Å²) in [4.78, 5) is 43.6. The molecule has 4 rings (SSSR count). The Morgan fingerprint density at radius 2 is 1.82 bits per heavy atom. The maximum atomic E-state index is 13.8. The van der Waals surface area contributed by atoms with Gasteiger partial charge in [0.05, 0.1) is 42.7 Å². The van der Waals surface area contributed by atoms with Gasteiger partial charge in [0.1, 0.15) is 5.75 Å². The molecule has 198 valence electrons. The Bertz CT molecular complexity index is 1570. The van der Waals surface area contributed by atoms with E-state index in [2.05, 4.69) is 45.2 Å². The zero-order chi connectivity index (χ0) is 27.4. The number of ether oxygens (including phenoxy) is 3. The summed E-state index contributed by atoms with van der Waals surface area (Å²) >= 11 is 5.56. The summed E-state index contributed by atoms with van der Waals surface area (Å²) in [5.74, 6) is -0.358. The van der Waals surface area contributed by atoms with Crippen LogP contribution in [0.2, 0.25) is 0 Å². The number of aromatic nitrogens is 1. The Kier molecular flexibility index (Phi) is 9.41. The molecule has 3 aromatic rings. The normalized spacial score (nSPS) is 15.1. The van der Waals surface area contributed by atoms with Crippen molar-refractivity contribution in [2.75, 3.05) is 20.3 Å². The second-order valence-electron chi connectivity index (χ2n) is 8.11. The lowest BCUT2D eigenvalue weighted by molar-refractivity contribution is -0.145. The molecule has 0 saturated carbocycles. The number of benzene rings is 2. The fourth-order valence-electron chi connectivity index (χ4n) is 4.10. The lowest BCUT2D eigenvalue weighted by atomic mass is 9.95. The summed E-state index contributed by atoms with van der Waals surface area (Å²) in [6, 6.07) is 12.5. The van der Waals surface area contributed by atoms with Gasteiger partial charge in [-0.1, -0.05) is 48.6 Å². The molecule has 1 atom stereocenters. The van der Waals surface area contributed by atoms with Crippen LogP contribution in [-0.2, 0) is 19.1 Å². The number of hydrogen-bond acceptors (Lipinski definition) is 8. The van der Waals surface area contributed by atoms with Gasteiger partial charge in [0.25, 0.3) is 5.56 Å². The van der Waals surface area contributed by atoms with Gasteiger partial charge in [-0.15, -0.1) is 0 Å². The third-order valence-corrected chi connectivity index (χ3v) is 8.31. The predicted octanol–water partition coefficient (Wildman–Crippen LogP) is 3.95. The molecule has 0 saturated heterocycles. The van der Waals surface area contributed by atoms with Gasteiger partial charge >= 0.3 is 11.9 Å². The lowest BCUT2D eigenvalue weighted by Crippen LogP contribution is -2.40. The number of nitrogens with zero attached hydrogens (tertiary/aromatic N) is 2. The first-order valence-corrected chi connectivity index (χ1v) is 14.7. The van der Waals surface area contributed by atoms with Gasteiger partial charge < -0.3 is 14.2 Å². The molecular weight excluding hydrogens is 734 g/mol. The largest absolute Gasteiger partial charge is 0.480 e. The Balaban J connectivity index is 1.81. The van der Waals surface area contributed by atoms with E-state index in [-0.39, 0.29) is 12.2 Å². The zero-order valence-corrected chi connectivity index (χ0v) is 26.0.